The number of ether oxygens (including phenoxy) is 2. The second kappa shape index (κ2) is 8.37. The quantitative estimate of drug-likeness (QED) is 0.878. The third-order valence-corrected chi connectivity index (χ3v) is 3.88. The van der Waals surface area contributed by atoms with Gasteiger partial charge in [-0.25, -0.2) is 0 Å². The zero-order valence-corrected chi connectivity index (χ0v) is 13.1. The molecular formula is C16H22ClNO3. The number of hydrogen-bond donors (Lipinski definition) is 1. The van der Waals surface area contributed by atoms with Gasteiger partial charge >= 0.3 is 0 Å². The molecule has 0 aromatic heterocycles. The van der Waals surface area contributed by atoms with E-state index in [2.05, 4.69) is 5.32 Å². The number of benzene rings is 1. The molecule has 1 heterocycles. The van der Waals surface area contributed by atoms with Crippen LogP contribution in [0.5, 0.6) is 0 Å². The number of nitrogens with one attached hydrogen (secondary N) is 1. The number of methoxy groups -OCH3 is 1. The fourth-order valence-electron chi connectivity index (χ4n) is 2.51. The third-order valence-electron chi connectivity index (χ3n) is 3.63. The number of carbonyl (C=O) groups is 1. The van der Waals surface area contributed by atoms with Crippen LogP contribution in [0.4, 0.5) is 0 Å². The van der Waals surface area contributed by atoms with Gasteiger partial charge in [-0.3, -0.25) is 4.79 Å². The van der Waals surface area contributed by atoms with Gasteiger partial charge in [0.1, 0.15) is 0 Å². The van der Waals surface area contributed by atoms with Gasteiger partial charge in [-0.2, -0.15) is 0 Å². The summed E-state index contributed by atoms with van der Waals surface area (Å²) in [6, 6.07) is 7.28. The molecule has 0 saturated carbocycles. The smallest absolute Gasteiger partial charge is 0.223 e. The van der Waals surface area contributed by atoms with E-state index in [0.717, 1.165) is 31.4 Å². The van der Waals surface area contributed by atoms with E-state index in [0.29, 0.717) is 18.1 Å². The molecule has 1 saturated heterocycles. The van der Waals surface area contributed by atoms with E-state index < -0.39 is 0 Å². The molecule has 21 heavy (non-hydrogen) atoms. The summed E-state index contributed by atoms with van der Waals surface area (Å²) in [7, 11) is 1.62. The van der Waals surface area contributed by atoms with E-state index in [9.17, 15) is 4.79 Å². The van der Waals surface area contributed by atoms with Gasteiger partial charge in [0, 0.05) is 18.7 Å². The van der Waals surface area contributed by atoms with E-state index in [1.807, 2.05) is 24.3 Å². The molecule has 1 aromatic carbocycles. The second-order valence-electron chi connectivity index (χ2n) is 5.32. The van der Waals surface area contributed by atoms with E-state index >= 15 is 0 Å². The Kier molecular flexibility index (Phi) is 6.49. The van der Waals surface area contributed by atoms with Crippen LogP contribution < -0.4 is 5.32 Å². The van der Waals surface area contributed by atoms with Crippen LogP contribution >= 0.6 is 11.6 Å². The summed E-state index contributed by atoms with van der Waals surface area (Å²) in [6.07, 6.45) is 3.65. The van der Waals surface area contributed by atoms with Crippen molar-refractivity contribution in [2.75, 3.05) is 20.3 Å². The highest BCUT2D eigenvalue weighted by Crippen LogP contribution is 2.19. The third kappa shape index (κ3) is 5.30. The highest BCUT2D eigenvalue weighted by atomic mass is 35.5. The second-order valence-corrected chi connectivity index (χ2v) is 5.76. The topological polar surface area (TPSA) is 47.6 Å². The molecule has 2 atom stereocenters. The van der Waals surface area contributed by atoms with Crippen LogP contribution in [0.25, 0.3) is 0 Å². The van der Waals surface area contributed by atoms with E-state index in [4.69, 9.17) is 21.1 Å². The summed E-state index contributed by atoms with van der Waals surface area (Å²) in [5.74, 6) is -0.00102. The number of amides is 1. The standard InChI is InChI=1S/C16H22ClNO3/c1-20-11-15(12-5-7-13(17)8-6-12)18-16(19)10-14-4-2-3-9-21-14/h5-8,14-15H,2-4,9-11H2,1H3,(H,18,19). The molecule has 5 heteroatoms. The maximum Gasteiger partial charge on any atom is 0.223 e. The minimum Gasteiger partial charge on any atom is -0.382 e. The van der Waals surface area contributed by atoms with Crippen LogP contribution in [0.15, 0.2) is 24.3 Å². The number of hydrogen-bond acceptors (Lipinski definition) is 3. The molecule has 1 N–H and O–H groups in total. The summed E-state index contributed by atoms with van der Waals surface area (Å²) in [6.45, 7) is 1.19. The minimum atomic E-state index is -0.164. The average molecular weight is 312 g/mol. The van der Waals surface area contributed by atoms with E-state index in [1.165, 1.54) is 0 Å². The van der Waals surface area contributed by atoms with Crippen molar-refractivity contribution in [2.24, 2.45) is 0 Å². The molecular weight excluding hydrogens is 290 g/mol. The Bertz CT molecular complexity index is 443. The van der Waals surface area contributed by atoms with Crippen LogP contribution in [0, 0.1) is 0 Å². The highest BCUT2D eigenvalue weighted by Gasteiger charge is 2.20. The van der Waals surface area contributed by atoms with Crippen molar-refractivity contribution in [1.29, 1.82) is 0 Å². The van der Waals surface area contributed by atoms with Gasteiger partial charge in [0.25, 0.3) is 0 Å². The monoisotopic (exact) mass is 311 g/mol. The lowest BCUT2D eigenvalue weighted by atomic mass is 10.0. The first-order chi connectivity index (χ1) is 10.2. The van der Waals surface area contributed by atoms with Gasteiger partial charge in [-0.05, 0) is 37.0 Å². The van der Waals surface area contributed by atoms with Gasteiger partial charge in [0.2, 0.25) is 5.91 Å². The maximum absolute atomic E-state index is 12.2. The molecule has 1 aliphatic heterocycles. The summed E-state index contributed by atoms with van der Waals surface area (Å²) in [5, 5.41) is 3.69. The SMILES string of the molecule is COCC(NC(=O)CC1CCCCO1)c1ccc(Cl)cc1. The molecule has 1 aromatic rings. The number of halogens is 1. The Hall–Kier alpha value is -1.10. The van der Waals surface area contributed by atoms with Gasteiger partial charge in [-0.1, -0.05) is 23.7 Å². The van der Waals surface area contributed by atoms with Crippen LogP contribution in [0.2, 0.25) is 5.02 Å². The predicted octanol–water partition coefficient (Wildman–Crippen LogP) is 3.10. The van der Waals surface area contributed by atoms with Crippen LogP contribution in [-0.4, -0.2) is 32.3 Å². The molecule has 116 valence electrons. The Labute approximate surface area is 130 Å². The molecule has 2 rings (SSSR count). The molecule has 0 radical (unpaired) electrons. The Morgan fingerprint density at radius 1 is 1.43 bits per heavy atom. The predicted molar refractivity (Wildman–Crippen MR) is 82.4 cm³/mol. The molecule has 4 nitrogen and oxygen atoms in total. The summed E-state index contributed by atoms with van der Waals surface area (Å²) >= 11 is 5.89. The first kappa shape index (κ1) is 16.3. The lowest BCUT2D eigenvalue weighted by Crippen LogP contribution is -2.34. The molecule has 1 fully saturated rings. The van der Waals surface area contributed by atoms with Gasteiger partial charge in [0.05, 0.1) is 25.2 Å². The zero-order chi connectivity index (χ0) is 15.1. The Balaban J connectivity index is 1.91. The number of carbonyl (C=O) groups excluding carboxylic acids is 1. The largest absolute Gasteiger partial charge is 0.382 e. The Morgan fingerprint density at radius 2 is 2.19 bits per heavy atom. The van der Waals surface area contributed by atoms with Gasteiger partial charge in [-0.15, -0.1) is 0 Å². The first-order valence-corrected chi connectivity index (χ1v) is 7.72. The van der Waals surface area contributed by atoms with Crippen LogP contribution in [0.3, 0.4) is 0 Å². The summed E-state index contributed by atoms with van der Waals surface area (Å²) < 4.78 is 10.8. The van der Waals surface area contributed by atoms with E-state index in [-0.39, 0.29) is 18.1 Å². The van der Waals surface area contributed by atoms with Crippen molar-refractivity contribution in [3.63, 3.8) is 0 Å². The summed E-state index contributed by atoms with van der Waals surface area (Å²) in [4.78, 5) is 12.2. The zero-order valence-electron chi connectivity index (χ0n) is 12.3. The fraction of sp³-hybridized carbons (Fsp3) is 0.562. The van der Waals surface area contributed by atoms with Crippen molar-refractivity contribution in [3.05, 3.63) is 34.9 Å². The van der Waals surface area contributed by atoms with Crippen molar-refractivity contribution in [3.8, 4) is 0 Å². The maximum atomic E-state index is 12.2. The highest BCUT2D eigenvalue weighted by molar-refractivity contribution is 6.30. The van der Waals surface area contributed by atoms with Crippen molar-refractivity contribution >= 4 is 17.5 Å². The minimum absolute atomic E-state index is 0.00102. The number of rotatable bonds is 6. The lowest BCUT2D eigenvalue weighted by molar-refractivity contribution is -0.126. The molecule has 0 bridgehead atoms. The van der Waals surface area contributed by atoms with Crippen molar-refractivity contribution < 1.29 is 14.3 Å². The van der Waals surface area contributed by atoms with Crippen LogP contribution in [0.1, 0.15) is 37.3 Å². The molecule has 2 unspecified atom stereocenters. The molecule has 0 aliphatic carbocycles. The summed E-state index contributed by atoms with van der Waals surface area (Å²) in [5.41, 5.74) is 0.985. The van der Waals surface area contributed by atoms with E-state index in [1.54, 1.807) is 7.11 Å². The molecule has 0 spiro atoms. The fourth-order valence-corrected chi connectivity index (χ4v) is 2.64. The lowest BCUT2D eigenvalue weighted by Gasteiger charge is -2.24. The van der Waals surface area contributed by atoms with Gasteiger partial charge in [0.15, 0.2) is 0 Å². The average Bonchev–Trinajstić information content (AvgIpc) is 2.48. The molecule has 1 aliphatic rings. The first-order valence-electron chi connectivity index (χ1n) is 7.34. The molecule has 1 amide bonds. The van der Waals surface area contributed by atoms with Crippen molar-refractivity contribution in [2.45, 2.75) is 37.8 Å². The van der Waals surface area contributed by atoms with Gasteiger partial charge < -0.3 is 14.8 Å². The van der Waals surface area contributed by atoms with Crippen molar-refractivity contribution in [1.82, 2.24) is 5.32 Å². The van der Waals surface area contributed by atoms with Crippen LogP contribution in [-0.2, 0) is 14.3 Å². The normalized spacial score (nSPS) is 20.0. The Morgan fingerprint density at radius 3 is 2.81 bits per heavy atom.